The molecule has 1 aromatic heterocycles. The molecule has 10 nitrogen and oxygen atoms in total. The van der Waals surface area contributed by atoms with Crippen molar-refractivity contribution in [3.05, 3.63) is 88.6 Å². The van der Waals surface area contributed by atoms with Gasteiger partial charge in [0.15, 0.2) is 0 Å². The summed E-state index contributed by atoms with van der Waals surface area (Å²) in [5.41, 5.74) is 2.54. The minimum Gasteiger partial charge on any atom is -0.490 e. The Kier molecular flexibility index (Phi) is 10.2. The van der Waals surface area contributed by atoms with Gasteiger partial charge in [-0.3, -0.25) is 14.3 Å². The molecule has 2 bridgehead atoms. The summed E-state index contributed by atoms with van der Waals surface area (Å²) < 4.78 is 35.2. The number of fused-ring (bicyclic) bond motifs is 4. The number of nitrogens with one attached hydrogen (secondary N) is 2. The Morgan fingerprint density at radius 2 is 2.08 bits per heavy atom. The Hall–Kier alpha value is -3.80. The van der Waals surface area contributed by atoms with E-state index in [1.165, 1.54) is 17.4 Å². The monoisotopic (exact) mass is 748 g/mol. The van der Waals surface area contributed by atoms with Gasteiger partial charge >= 0.3 is 0 Å². The van der Waals surface area contributed by atoms with Crippen LogP contribution in [-0.2, 0) is 37.6 Å². The molecule has 1 saturated carbocycles. The largest absolute Gasteiger partial charge is 0.490 e. The van der Waals surface area contributed by atoms with Crippen LogP contribution in [0, 0.1) is 17.8 Å². The van der Waals surface area contributed by atoms with E-state index in [1.54, 1.807) is 19.4 Å². The van der Waals surface area contributed by atoms with Crippen LogP contribution in [0.1, 0.15) is 79.7 Å². The summed E-state index contributed by atoms with van der Waals surface area (Å²) in [7, 11) is -1.34. The Labute approximate surface area is 311 Å². The van der Waals surface area contributed by atoms with Crippen molar-refractivity contribution < 1.29 is 27.7 Å². The summed E-state index contributed by atoms with van der Waals surface area (Å²) >= 11 is 6.48. The average molecular weight is 749 g/mol. The summed E-state index contributed by atoms with van der Waals surface area (Å²) in [6.07, 6.45) is 12.6. The van der Waals surface area contributed by atoms with E-state index in [2.05, 4.69) is 37.9 Å². The molecule has 1 fully saturated rings. The summed E-state index contributed by atoms with van der Waals surface area (Å²) in [5, 5.41) is 3.27. The van der Waals surface area contributed by atoms with Crippen LogP contribution in [0.2, 0.25) is 5.02 Å². The topological polar surface area (TPSA) is 123 Å². The first-order valence-electron chi connectivity index (χ1n) is 18.3. The first-order valence-corrected chi connectivity index (χ1v) is 20.5. The molecule has 2 aliphatic heterocycles. The molecule has 52 heavy (non-hydrogen) atoms. The zero-order valence-corrected chi connectivity index (χ0v) is 31.8. The van der Waals surface area contributed by atoms with E-state index in [-0.39, 0.29) is 42.0 Å². The van der Waals surface area contributed by atoms with Gasteiger partial charge in [0.2, 0.25) is 11.8 Å². The van der Waals surface area contributed by atoms with Crippen LogP contribution in [0.15, 0.2) is 65.4 Å². The van der Waals surface area contributed by atoms with Crippen molar-refractivity contribution in [1.29, 1.82) is 0 Å². The lowest BCUT2D eigenvalue weighted by atomic mass is 9.62. The molecule has 2 N–H and O–H groups in total. The third-order valence-electron chi connectivity index (χ3n) is 12.1. The average Bonchev–Trinajstić information content (AvgIpc) is 3.58. The van der Waals surface area contributed by atoms with Gasteiger partial charge < -0.3 is 24.1 Å². The number of carbonyl (C=O) groups excluding carboxylic acids is 2. The van der Waals surface area contributed by atoms with E-state index in [9.17, 15) is 13.8 Å². The Morgan fingerprint density at radius 3 is 2.83 bits per heavy atom. The normalized spacial score (nSPS) is 32.3. The number of rotatable bonds is 5. The number of ether oxygens (including phenoxy) is 2. The van der Waals surface area contributed by atoms with Crippen molar-refractivity contribution in [2.24, 2.45) is 17.8 Å². The minimum absolute atomic E-state index is 0.0337. The van der Waals surface area contributed by atoms with Gasteiger partial charge in [-0.2, -0.15) is 0 Å². The molecule has 2 aliphatic carbocycles. The highest BCUT2D eigenvalue weighted by molar-refractivity contribution is 7.99. The third kappa shape index (κ3) is 7.11. The van der Waals surface area contributed by atoms with Gasteiger partial charge in [0.1, 0.15) is 12.0 Å². The highest BCUT2D eigenvalue weighted by atomic mass is 35.5. The molecule has 2 amide bonds. The second-order valence-electron chi connectivity index (χ2n) is 15.2. The molecule has 1 spiro atoms. The summed E-state index contributed by atoms with van der Waals surface area (Å²) in [6.45, 7) is 5.89. The van der Waals surface area contributed by atoms with Crippen molar-refractivity contribution in [1.82, 2.24) is 15.0 Å². The molecular weight excluding hydrogens is 700 g/mol. The van der Waals surface area contributed by atoms with Crippen molar-refractivity contribution in [2.75, 3.05) is 31.7 Å². The molecule has 12 heteroatoms. The number of benzene rings is 2. The van der Waals surface area contributed by atoms with E-state index in [1.807, 2.05) is 44.2 Å². The van der Waals surface area contributed by atoms with Crippen LogP contribution in [-0.4, -0.2) is 64.5 Å². The first-order chi connectivity index (χ1) is 24.9. The Morgan fingerprint density at radius 1 is 1.23 bits per heavy atom. The minimum atomic E-state index is -3.03. The predicted octanol–water partition coefficient (Wildman–Crippen LogP) is 6.26. The van der Waals surface area contributed by atoms with Crippen LogP contribution in [0.3, 0.4) is 0 Å². The SMILES string of the molecule is C=S1(=O)NC(=O)c2ccc3c(c2)N(C[C@@H]2CC[C@H]2[C@@](CC(=O)NCc2ncco2)(OC)/C=C/C[C@H](C)[C@H]1C)C[C@@]1(CCCc2cc(Cl)ccc21)CO3. The number of allylic oxidation sites excluding steroid dienone is 1. The lowest BCUT2D eigenvalue weighted by Crippen LogP contribution is -2.54. The van der Waals surface area contributed by atoms with E-state index in [0.717, 1.165) is 42.8 Å². The van der Waals surface area contributed by atoms with Crippen molar-refractivity contribution in [3.63, 3.8) is 0 Å². The number of methoxy groups -OCH3 is 1. The van der Waals surface area contributed by atoms with E-state index in [4.69, 9.17) is 25.5 Å². The highest BCUT2D eigenvalue weighted by Crippen LogP contribution is 2.50. The Bertz CT molecular complexity index is 1950. The number of nitrogens with zero attached hydrogens (tertiary/aromatic N) is 2. The molecule has 4 aliphatic rings. The number of carbonyl (C=O) groups is 2. The summed E-state index contributed by atoms with van der Waals surface area (Å²) in [5.74, 6) is 4.69. The fourth-order valence-corrected chi connectivity index (χ4v) is 10.4. The van der Waals surface area contributed by atoms with Crippen LogP contribution in [0.5, 0.6) is 5.75 Å². The van der Waals surface area contributed by atoms with Crippen molar-refractivity contribution >= 4 is 44.7 Å². The third-order valence-corrected chi connectivity index (χ3v) is 14.5. The number of hydrogen-bond acceptors (Lipinski definition) is 8. The molecule has 7 atom stereocenters. The number of aromatic nitrogens is 1. The smallest absolute Gasteiger partial charge is 0.262 e. The maximum Gasteiger partial charge on any atom is 0.262 e. The molecule has 3 heterocycles. The summed E-state index contributed by atoms with van der Waals surface area (Å²) in [6, 6.07) is 11.7. The van der Waals surface area contributed by atoms with E-state index < -0.39 is 26.5 Å². The van der Waals surface area contributed by atoms with Gasteiger partial charge in [-0.05, 0) is 111 Å². The number of aryl methyl sites for hydroxylation is 1. The standard InChI is InChI=1S/C40H49ClN4O6S/c1-26-7-5-16-40(49-3,21-36(46)43-22-37-42-17-18-50-37)33-12-9-30(33)23-45-24-39(15-6-8-28-19-31(41)11-13-32(28)39)25-51-35-14-10-29(20-34(35)45)38(47)44-52(4,48)27(26)2/h5,10-11,13-14,16-20,26-27,30,33H,4,6-9,12,15,21-25H2,1-3H3,(H,43,46)(H,44,47,48)/b16-5+/t26-,27+,30-,33+,39-,40+,52?/m0/s1. The second-order valence-corrected chi connectivity index (χ2v) is 18.1. The predicted molar refractivity (Wildman–Crippen MR) is 204 cm³/mol. The fraction of sp³-hybridized carbons (Fsp3) is 0.500. The van der Waals surface area contributed by atoms with Crippen LogP contribution in [0.25, 0.3) is 0 Å². The summed E-state index contributed by atoms with van der Waals surface area (Å²) in [4.78, 5) is 33.9. The molecule has 3 aromatic rings. The van der Waals surface area contributed by atoms with Gasteiger partial charge in [-0.25, -0.2) is 9.19 Å². The highest BCUT2D eigenvalue weighted by Gasteiger charge is 2.50. The second kappa shape index (κ2) is 14.6. The van der Waals surface area contributed by atoms with Crippen LogP contribution in [0.4, 0.5) is 5.69 Å². The lowest BCUT2D eigenvalue weighted by molar-refractivity contribution is -0.133. The van der Waals surface area contributed by atoms with Gasteiger partial charge in [0.05, 0.1) is 46.8 Å². The van der Waals surface area contributed by atoms with Crippen LogP contribution >= 0.6 is 11.6 Å². The Balaban J connectivity index is 1.29. The molecule has 278 valence electrons. The van der Waals surface area contributed by atoms with Crippen molar-refractivity contribution in [2.45, 2.75) is 81.6 Å². The number of amides is 2. The molecule has 2 aromatic carbocycles. The van der Waals surface area contributed by atoms with Gasteiger partial charge in [0, 0.05) is 41.5 Å². The molecule has 0 saturated heterocycles. The zero-order chi connectivity index (χ0) is 36.7. The first kappa shape index (κ1) is 36.6. The van der Waals surface area contributed by atoms with Gasteiger partial charge in [0.25, 0.3) is 5.91 Å². The van der Waals surface area contributed by atoms with E-state index >= 15 is 0 Å². The number of anilines is 1. The quantitative estimate of drug-likeness (QED) is 0.232. The molecule has 0 radical (unpaired) electrons. The maximum atomic E-state index is 14.0. The number of hydrogen-bond donors (Lipinski definition) is 2. The maximum absolute atomic E-state index is 14.0. The lowest BCUT2D eigenvalue weighted by Gasteiger charge is -2.50. The molecular formula is C40H49ClN4O6S. The number of oxazole rings is 1. The fourth-order valence-electron chi connectivity index (χ4n) is 8.76. The van der Waals surface area contributed by atoms with Gasteiger partial charge in [-0.1, -0.05) is 36.7 Å². The molecule has 7 rings (SSSR count). The molecule has 1 unspecified atom stereocenters. The van der Waals surface area contributed by atoms with Crippen LogP contribution < -0.4 is 19.7 Å². The van der Waals surface area contributed by atoms with Crippen molar-refractivity contribution in [3.8, 4) is 5.75 Å². The number of halogens is 1. The van der Waals surface area contributed by atoms with Gasteiger partial charge in [-0.15, -0.1) is 0 Å². The van der Waals surface area contributed by atoms with E-state index in [0.29, 0.717) is 43.3 Å². The zero-order valence-electron chi connectivity index (χ0n) is 30.2.